The number of phenolic OH excluding ortho intramolecular Hbond substituents is 1. The predicted molar refractivity (Wildman–Crippen MR) is 106 cm³/mol. The van der Waals surface area contributed by atoms with Gasteiger partial charge in [-0.15, -0.1) is 10.2 Å². The van der Waals surface area contributed by atoms with Gasteiger partial charge >= 0.3 is 0 Å². The van der Waals surface area contributed by atoms with E-state index in [4.69, 9.17) is 9.15 Å². The second-order valence-corrected chi connectivity index (χ2v) is 6.57. The summed E-state index contributed by atoms with van der Waals surface area (Å²) in [5.74, 6) is 1.67. The number of ether oxygens (including phenoxy) is 1. The molecule has 0 aliphatic carbocycles. The molecule has 0 amide bonds. The third-order valence-electron chi connectivity index (χ3n) is 4.43. The number of aromatic nitrogens is 2. The summed E-state index contributed by atoms with van der Waals surface area (Å²) in [5, 5.41) is 18.0. The van der Waals surface area contributed by atoms with Crippen molar-refractivity contribution in [2.24, 2.45) is 0 Å². The summed E-state index contributed by atoms with van der Waals surface area (Å²) in [4.78, 5) is 0. The molecular weight excluding hydrogens is 340 g/mol. The summed E-state index contributed by atoms with van der Waals surface area (Å²) in [6.45, 7) is 2.97. The van der Waals surface area contributed by atoms with Gasteiger partial charge in [-0.05, 0) is 42.8 Å². The number of para-hydroxylation sites is 1. The second-order valence-electron chi connectivity index (χ2n) is 6.57. The molecule has 1 aromatic heterocycles. The van der Waals surface area contributed by atoms with Crippen LogP contribution in [0, 0.1) is 0 Å². The first kappa shape index (κ1) is 19.0. The van der Waals surface area contributed by atoms with Crippen LogP contribution in [0.3, 0.4) is 0 Å². The normalized spacial score (nSPS) is 10.9. The minimum atomic E-state index is 0.117. The van der Waals surface area contributed by atoms with Crippen LogP contribution in [0.25, 0.3) is 22.9 Å². The second kappa shape index (κ2) is 9.76. The molecular formula is C22H26N2O3. The van der Waals surface area contributed by atoms with Crippen molar-refractivity contribution in [2.75, 3.05) is 6.61 Å². The Bertz CT molecular complexity index is 828. The van der Waals surface area contributed by atoms with Crippen molar-refractivity contribution in [3.8, 4) is 34.4 Å². The Morgan fingerprint density at radius 1 is 0.852 bits per heavy atom. The lowest BCUT2D eigenvalue weighted by atomic mass is 10.1. The molecule has 5 nitrogen and oxygen atoms in total. The number of hydrogen-bond acceptors (Lipinski definition) is 5. The number of hydrogen-bond donors (Lipinski definition) is 1. The Balaban J connectivity index is 1.53. The van der Waals surface area contributed by atoms with Crippen LogP contribution in [0.5, 0.6) is 11.5 Å². The van der Waals surface area contributed by atoms with E-state index < -0.39 is 0 Å². The third-order valence-corrected chi connectivity index (χ3v) is 4.43. The maximum atomic E-state index is 9.90. The van der Waals surface area contributed by atoms with E-state index in [-0.39, 0.29) is 5.75 Å². The fraction of sp³-hybridized carbons (Fsp3) is 0.364. The van der Waals surface area contributed by atoms with Crippen molar-refractivity contribution in [2.45, 2.75) is 45.4 Å². The Morgan fingerprint density at radius 3 is 2.33 bits per heavy atom. The summed E-state index contributed by atoms with van der Waals surface area (Å²) in [6, 6.07) is 14.5. The molecule has 2 aromatic carbocycles. The average Bonchev–Trinajstić information content (AvgIpc) is 3.18. The molecule has 0 radical (unpaired) electrons. The first-order valence-electron chi connectivity index (χ1n) is 9.63. The Labute approximate surface area is 160 Å². The van der Waals surface area contributed by atoms with Gasteiger partial charge in [-0.25, -0.2) is 0 Å². The summed E-state index contributed by atoms with van der Waals surface area (Å²) in [6.07, 6.45) is 7.50. The van der Waals surface area contributed by atoms with Crippen LogP contribution in [0.2, 0.25) is 0 Å². The summed E-state index contributed by atoms with van der Waals surface area (Å²) in [5.41, 5.74) is 1.34. The molecule has 3 aromatic rings. The number of nitrogens with zero attached hydrogens (tertiary/aromatic N) is 2. The van der Waals surface area contributed by atoms with Gasteiger partial charge in [-0.3, -0.25) is 0 Å². The molecule has 1 heterocycles. The van der Waals surface area contributed by atoms with E-state index in [2.05, 4.69) is 17.1 Å². The van der Waals surface area contributed by atoms with Crippen LogP contribution in [0.1, 0.15) is 45.4 Å². The first-order valence-corrected chi connectivity index (χ1v) is 9.63. The van der Waals surface area contributed by atoms with Crippen LogP contribution in [0.4, 0.5) is 0 Å². The highest BCUT2D eigenvalue weighted by Gasteiger charge is 2.13. The first-order chi connectivity index (χ1) is 13.3. The zero-order valence-corrected chi connectivity index (χ0v) is 15.7. The summed E-state index contributed by atoms with van der Waals surface area (Å²) >= 11 is 0. The van der Waals surface area contributed by atoms with E-state index in [1.807, 2.05) is 30.3 Å². The highest BCUT2D eigenvalue weighted by molar-refractivity contribution is 5.63. The zero-order chi connectivity index (χ0) is 18.9. The van der Waals surface area contributed by atoms with Crippen LogP contribution >= 0.6 is 0 Å². The van der Waals surface area contributed by atoms with Crippen LogP contribution in [0.15, 0.2) is 52.9 Å². The monoisotopic (exact) mass is 366 g/mol. The quantitative estimate of drug-likeness (QED) is 0.456. The predicted octanol–water partition coefficient (Wildman–Crippen LogP) is 5.85. The van der Waals surface area contributed by atoms with Crippen molar-refractivity contribution in [3.05, 3.63) is 48.5 Å². The molecule has 3 rings (SSSR count). The van der Waals surface area contributed by atoms with E-state index in [1.54, 1.807) is 18.2 Å². The minimum absolute atomic E-state index is 0.117. The molecule has 0 aliphatic heterocycles. The topological polar surface area (TPSA) is 68.4 Å². The molecule has 0 saturated heterocycles. The molecule has 0 fully saturated rings. The average molecular weight is 366 g/mol. The lowest BCUT2D eigenvalue weighted by Gasteiger charge is -2.06. The SMILES string of the molecule is CCCCCCCCOc1ccc(-c2nnc(-c3ccccc3O)o2)cc1. The Morgan fingerprint density at radius 2 is 1.56 bits per heavy atom. The van der Waals surface area contributed by atoms with Gasteiger partial charge in [0.1, 0.15) is 11.5 Å². The summed E-state index contributed by atoms with van der Waals surface area (Å²) < 4.78 is 11.5. The zero-order valence-electron chi connectivity index (χ0n) is 15.7. The van der Waals surface area contributed by atoms with Gasteiger partial charge in [0.25, 0.3) is 5.89 Å². The lowest BCUT2D eigenvalue weighted by molar-refractivity contribution is 0.304. The number of unbranched alkanes of at least 4 members (excludes halogenated alkanes) is 5. The van der Waals surface area contributed by atoms with Gasteiger partial charge in [0.15, 0.2) is 0 Å². The van der Waals surface area contributed by atoms with Gasteiger partial charge in [-0.2, -0.15) is 0 Å². The fourth-order valence-corrected chi connectivity index (χ4v) is 2.87. The van der Waals surface area contributed by atoms with Crippen molar-refractivity contribution < 1.29 is 14.3 Å². The third kappa shape index (κ3) is 5.33. The molecule has 0 bridgehead atoms. The van der Waals surface area contributed by atoms with E-state index in [1.165, 1.54) is 32.1 Å². The largest absolute Gasteiger partial charge is 0.507 e. The highest BCUT2D eigenvalue weighted by Crippen LogP contribution is 2.30. The molecule has 27 heavy (non-hydrogen) atoms. The van der Waals surface area contributed by atoms with Crippen molar-refractivity contribution in [3.63, 3.8) is 0 Å². The molecule has 1 N–H and O–H groups in total. The van der Waals surface area contributed by atoms with Gasteiger partial charge in [0.05, 0.1) is 12.2 Å². The molecule has 5 heteroatoms. The molecule has 0 spiro atoms. The van der Waals surface area contributed by atoms with Crippen molar-refractivity contribution in [1.82, 2.24) is 10.2 Å². The fourth-order valence-electron chi connectivity index (χ4n) is 2.87. The van der Waals surface area contributed by atoms with E-state index in [0.717, 1.165) is 24.3 Å². The van der Waals surface area contributed by atoms with Gasteiger partial charge < -0.3 is 14.3 Å². The lowest BCUT2D eigenvalue weighted by Crippen LogP contribution is -1.97. The van der Waals surface area contributed by atoms with E-state index in [0.29, 0.717) is 17.3 Å². The van der Waals surface area contributed by atoms with Crippen LogP contribution in [-0.2, 0) is 0 Å². The maximum Gasteiger partial charge on any atom is 0.251 e. The van der Waals surface area contributed by atoms with Crippen LogP contribution in [-0.4, -0.2) is 21.9 Å². The number of phenols is 1. The number of benzene rings is 2. The van der Waals surface area contributed by atoms with Gasteiger partial charge in [-0.1, -0.05) is 51.2 Å². The summed E-state index contributed by atoms with van der Waals surface area (Å²) in [7, 11) is 0. The Hall–Kier alpha value is -2.82. The van der Waals surface area contributed by atoms with Gasteiger partial charge in [0.2, 0.25) is 5.89 Å². The number of rotatable bonds is 10. The minimum Gasteiger partial charge on any atom is -0.507 e. The van der Waals surface area contributed by atoms with Crippen LogP contribution < -0.4 is 4.74 Å². The molecule has 0 aliphatic rings. The maximum absolute atomic E-state index is 9.90. The smallest absolute Gasteiger partial charge is 0.251 e. The molecule has 0 saturated carbocycles. The van der Waals surface area contributed by atoms with E-state index >= 15 is 0 Å². The molecule has 0 unspecified atom stereocenters. The molecule has 0 atom stereocenters. The standard InChI is InChI=1S/C22H26N2O3/c1-2-3-4-5-6-9-16-26-18-14-12-17(13-15-18)21-23-24-22(27-21)19-10-7-8-11-20(19)25/h7-8,10-15,25H,2-6,9,16H2,1H3. The van der Waals surface area contributed by atoms with Crippen molar-refractivity contribution >= 4 is 0 Å². The Kier molecular flexibility index (Phi) is 6.85. The highest BCUT2D eigenvalue weighted by atomic mass is 16.5. The van der Waals surface area contributed by atoms with E-state index in [9.17, 15) is 5.11 Å². The number of aromatic hydroxyl groups is 1. The van der Waals surface area contributed by atoms with Gasteiger partial charge in [0, 0.05) is 5.56 Å². The molecule has 142 valence electrons. The van der Waals surface area contributed by atoms with Crippen molar-refractivity contribution in [1.29, 1.82) is 0 Å².